The van der Waals surface area contributed by atoms with Crippen LogP contribution in [0.15, 0.2) is 18.3 Å². The van der Waals surface area contributed by atoms with Gasteiger partial charge in [0.25, 0.3) is 5.69 Å². The Labute approximate surface area is 113 Å². The molecule has 0 saturated carbocycles. The number of pyridine rings is 1. The van der Waals surface area contributed by atoms with Gasteiger partial charge in [-0.1, -0.05) is 13.3 Å². The standard InChI is InChI=1S/C13H20N4O2/c1-2-3-7-16-8-6-11(10-16)15-13-5-4-12(9-14-13)17(18)19/h4-5,9,11H,2-3,6-8,10H2,1H3,(H,14,15)/t11-/m1/s1. The molecule has 0 aliphatic carbocycles. The number of nitrogens with zero attached hydrogens (tertiary/aromatic N) is 3. The summed E-state index contributed by atoms with van der Waals surface area (Å²) in [6.45, 7) is 5.50. The fourth-order valence-electron chi connectivity index (χ4n) is 2.32. The minimum absolute atomic E-state index is 0.0292. The van der Waals surface area contributed by atoms with E-state index in [1.54, 1.807) is 6.07 Å². The predicted molar refractivity (Wildman–Crippen MR) is 74.3 cm³/mol. The Hall–Kier alpha value is -1.69. The van der Waals surface area contributed by atoms with Gasteiger partial charge in [-0.3, -0.25) is 10.1 Å². The summed E-state index contributed by atoms with van der Waals surface area (Å²) in [5.74, 6) is 0.716. The van der Waals surface area contributed by atoms with E-state index >= 15 is 0 Å². The van der Waals surface area contributed by atoms with E-state index < -0.39 is 4.92 Å². The molecule has 1 aromatic heterocycles. The molecular formula is C13H20N4O2. The van der Waals surface area contributed by atoms with E-state index in [9.17, 15) is 10.1 Å². The summed E-state index contributed by atoms with van der Waals surface area (Å²) in [4.78, 5) is 16.6. The Morgan fingerprint density at radius 1 is 1.58 bits per heavy atom. The van der Waals surface area contributed by atoms with E-state index in [2.05, 4.69) is 22.1 Å². The van der Waals surface area contributed by atoms with Crippen LogP contribution in [0.1, 0.15) is 26.2 Å². The molecule has 6 heteroatoms. The van der Waals surface area contributed by atoms with Gasteiger partial charge < -0.3 is 10.2 Å². The van der Waals surface area contributed by atoms with Crippen molar-refractivity contribution in [1.82, 2.24) is 9.88 Å². The number of likely N-dealkylation sites (tertiary alicyclic amines) is 1. The molecule has 1 aromatic rings. The first kappa shape index (κ1) is 13.7. The zero-order valence-corrected chi connectivity index (χ0v) is 11.2. The van der Waals surface area contributed by atoms with Crippen LogP contribution in [0.4, 0.5) is 11.5 Å². The number of hydrogen-bond donors (Lipinski definition) is 1. The summed E-state index contributed by atoms with van der Waals surface area (Å²) in [5.41, 5.74) is 0.0292. The molecule has 1 aliphatic heterocycles. The van der Waals surface area contributed by atoms with Crippen LogP contribution in [0.2, 0.25) is 0 Å². The summed E-state index contributed by atoms with van der Waals surface area (Å²) in [5, 5.41) is 13.9. The van der Waals surface area contributed by atoms with E-state index in [0.717, 1.165) is 26.1 Å². The topological polar surface area (TPSA) is 71.3 Å². The van der Waals surface area contributed by atoms with Gasteiger partial charge in [-0.2, -0.15) is 0 Å². The van der Waals surface area contributed by atoms with Gasteiger partial charge in [0, 0.05) is 25.2 Å². The molecule has 0 unspecified atom stereocenters. The van der Waals surface area contributed by atoms with E-state index in [-0.39, 0.29) is 5.69 Å². The van der Waals surface area contributed by atoms with Gasteiger partial charge in [0.2, 0.25) is 0 Å². The highest BCUT2D eigenvalue weighted by Gasteiger charge is 2.21. The largest absolute Gasteiger partial charge is 0.366 e. The highest BCUT2D eigenvalue weighted by atomic mass is 16.6. The quantitative estimate of drug-likeness (QED) is 0.630. The Morgan fingerprint density at radius 3 is 3.05 bits per heavy atom. The fraction of sp³-hybridized carbons (Fsp3) is 0.615. The first-order chi connectivity index (χ1) is 9.19. The van der Waals surface area contributed by atoms with Crippen molar-refractivity contribution in [3.8, 4) is 0 Å². The number of anilines is 1. The Bertz CT molecular complexity index is 421. The third kappa shape index (κ3) is 3.89. The predicted octanol–water partition coefficient (Wildman–Crippen LogP) is 2.28. The van der Waals surface area contributed by atoms with Gasteiger partial charge in [-0.25, -0.2) is 4.98 Å². The Balaban J connectivity index is 1.83. The molecule has 0 spiro atoms. The van der Waals surface area contributed by atoms with Crippen molar-refractivity contribution >= 4 is 11.5 Å². The molecule has 1 N–H and O–H groups in total. The summed E-state index contributed by atoms with van der Waals surface area (Å²) in [6.07, 6.45) is 4.86. The van der Waals surface area contributed by atoms with Gasteiger partial charge in [0.1, 0.15) is 12.0 Å². The van der Waals surface area contributed by atoms with Gasteiger partial charge >= 0.3 is 0 Å². The maximum absolute atomic E-state index is 10.5. The van der Waals surface area contributed by atoms with Crippen molar-refractivity contribution < 1.29 is 4.92 Å². The summed E-state index contributed by atoms with van der Waals surface area (Å²) >= 11 is 0. The molecule has 2 heterocycles. The second-order valence-electron chi connectivity index (χ2n) is 4.94. The van der Waals surface area contributed by atoms with Crippen LogP contribution in [-0.4, -0.2) is 40.5 Å². The third-order valence-corrected chi connectivity index (χ3v) is 3.41. The number of unbranched alkanes of at least 4 members (excludes halogenated alkanes) is 1. The zero-order valence-electron chi connectivity index (χ0n) is 11.2. The van der Waals surface area contributed by atoms with Crippen LogP contribution in [0, 0.1) is 10.1 Å². The van der Waals surface area contributed by atoms with Crippen LogP contribution in [0.25, 0.3) is 0 Å². The van der Waals surface area contributed by atoms with Gasteiger partial charge in [-0.15, -0.1) is 0 Å². The summed E-state index contributed by atoms with van der Waals surface area (Å²) in [7, 11) is 0. The number of hydrogen-bond acceptors (Lipinski definition) is 5. The lowest BCUT2D eigenvalue weighted by Gasteiger charge is -2.16. The lowest BCUT2D eigenvalue weighted by Crippen LogP contribution is -2.27. The second kappa shape index (κ2) is 6.47. The maximum atomic E-state index is 10.5. The minimum atomic E-state index is -0.432. The molecule has 1 saturated heterocycles. The van der Waals surface area contributed by atoms with Crippen LogP contribution in [0.3, 0.4) is 0 Å². The Kier molecular flexibility index (Phi) is 4.68. The van der Waals surface area contributed by atoms with Crippen molar-refractivity contribution in [2.75, 3.05) is 25.0 Å². The molecule has 1 aliphatic rings. The molecule has 104 valence electrons. The molecule has 1 atom stereocenters. The molecule has 1 fully saturated rings. The monoisotopic (exact) mass is 264 g/mol. The number of rotatable bonds is 6. The van der Waals surface area contributed by atoms with Crippen LogP contribution in [-0.2, 0) is 0 Å². The highest BCUT2D eigenvalue weighted by Crippen LogP contribution is 2.17. The Morgan fingerprint density at radius 2 is 2.42 bits per heavy atom. The van der Waals surface area contributed by atoms with Crippen LogP contribution in [0.5, 0.6) is 0 Å². The summed E-state index contributed by atoms with van der Waals surface area (Å²) < 4.78 is 0. The first-order valence-corrected chi connectivity index (χ1v) is 6.78. The van der Waals surface area contributed by atoms with Crippen molar-refractivity contribution in [2.45, 2.75) is 32.2 Å². The molecule has 0 radical (unpaired) electrons. The minimum Gasteiger partial charge on any atom is -0.366 e. The van der Waals surface area contributed by atoms with Gasteiger partial charge in [0.15, 0.2) is 0 Å². The lowest BCUT2D eigenvalue weighted by atomic mass is 10.2. The number of aromatic nitrogens is 1. The average molecular weight is 264 g/mol. The third-order valence-electron chi connectivity index (χ3n) is 3.41. The van der Waals surface area contributed by atoms with Gasteiger partial charge in [0.05, 0.1) is 4.92 Å². The number of nitro groups is 1. The first-order valence-electron chi connectivity index (χ1n) is 6.78. The molecule has 0 aromatic carbocycles. The normalized spacial score (nSPS) is 19.5. The molecule has 0 amide bonds. The van der Waals surface area contributed by atoms with Crippen LogP contribution < -0.4 is 5.32 Å². The molecule has 19 heavy (non-hydrogen) atoms. The van der Waals surface area contributed by atoms with E-state index in [1.807, 2.05) is 0 Å². The smallest absolute Gasteiger partial charge is 0.287 e. The van der Waals surface area contributed by atoms with Crippen molar-refractivity contribution in [1.29, 1.82) is 0 Å². The van der Waals surface area contributed by atoms with Crippen molar-refractivity contribution in [3.05, 3.63) is 28.4 Å². The molecule has 2 rings (SSSR count). The average Bonchev–Trinajstić information content (AvgIpc) is 2.84. The van der Waals surface area contributed by atoms with Crippen molar-refractivity contribution in [2.24, 2.45) is 0 Å². The van der Waals surface area contributed by atoms with E-state index in [4.69, 9.17) is 0 Å². The lowest BCUT2D eigenvalue weighted by molar-refractivity contribution is -0.385. The summed E-state index contributed by atoms with van der Waals surface area (Å²) in [6, 6.07) is 3.55. The van der Waals surface area contributed by atoms with Crippen molar-refractivity contribution in [3.63, 3.8) is 0 Å². The van der Waals surface area contributed by atoms with E-state index in [1.165, 1.54) is 25.1 Å². The highest BCUT2D eigenvalue weighted by molar-refractivity contribution is 5.41. The second-order valence-corrected chi connectivity index (χ2v) is 4.94. The fourth-order valence-corrected chi connectivity index (χ4v) is 2.32. The SMILES string of the molecule is CCCCN1CC[C@@H](Nc2ccc([N+](=O)[O-])cn2)C1. The molecule has 6 nitrogen and oxygen atoms in total. The molecular weight excluding hydrogens is 244 g/mol. The van der Waals surface area contributed by atoms with Crippen LogP contribution >= 0.6 is 0 Å². The maximum Gasteiger partial charge on any atom is 0.287 e. The number of nitrogens with one attached hydrogen (secondary N) is 1. The van der Waals surface area contributed by atoms with E-state index in [0.29, 0.717) is 11.9 Å². The zero-order chi connectivity index (χ0) is 13.7. The van der Waals surface area contributed by atoms with Gasteiger partial charge in [-0.05, 0) is 25.5 Å². The molecule has 0 bridgehead atoms.